The maximum atomic E-state index is 12.5. The lowest BCUT2D eigenvalue weighted by molar-refractivity contribution is 0.0785. The topological polar surface area (TPSA) is 46.3 Å². The Hall–Kier alpha value is -1.35. The first kappa shape index (κ1) is 18.0. The van der Waals surface area contributed by atoms with Gasteiger partial charge in [0.2, 0.25) is 0 Å². The van der Waals surface area contributed by atoms with Crippen molar-refractivity contribution in [2.24, 2.45) is 5.73 Å². The van der Waals surface area contributed by atoms with Crippen LogP contribution in [0.25, 0.3) is 0 Å². The van der Waals surface area contributed by atoms with Crippen LogP contribution in [0, 0.1) is 0 Å². The van der Waals surface area contributed by atoms with Crippen LogP contribution in [-0.2, 0) is 6.42 Å². The van der Waals surface area contributed by atoms with Gasteiger partial charge < -0.3 is 10.6 Å². The Morgan fingerprint density at radius 2 is 1.78 bits per heavy atom. The minimum Gasteiger partial charge on any atom is -0.337 e. The van der Waals surface area contributed by atoms with Crippen LogP contribution in [0.3, 0.4) is 0 Å². The lowest BCUT2D eigenvalue weighted by atomic mass is 10.0. The summed E-state index contributed by atoms with van der Waals surface area (Å²) < 4.78 is 0. The van der Waals surface area contributed by atoms with Gasteiger partial charge in [0.15, 0.2) is 0 Å². The van der Waals surface area contributed by atoms with Crippen molar-refractivity contribution in [3.63, 3.8) is 0 Å². The third-order valence-electron chi connectivity index (χ3n) is 4.81. The molecule has 128 valence electrons. The summed E-state index contributed by atoms with van der Waals surface area (Å²) in [6.45, 7) is 5.69. The van der Waals surface area contributed by atoms with Gasteiger partial charge in [-0.05, 0) is 43.9 Å². The molecule has 3 nitrogen and oxygen atoms in total. The highest BCUT2D eigenvalue weighted by atomic mass is 16.2. The van der Waals surface area contributed by atoms with E-state index < -0.39 is 0 Å². The van der Waals surface area contributed by atoms with Crippen molar-refractivity contribution >= 4 is 5.91 Å². The van der Waals surface area contributed by atoms with E-state index in [2.05, 4.69) is 19.1 Å². The third-order valence-corrected chi connectivity index (χ3v) is 4.81. The molecule has 2 rings (SSSR count). The molecule has 0 bridgehead atoms. The van der Waals surface area contributed by atoms with Crippen molar-refractivity contribution in [3.05, 3.63) is 35.4 Å². The summed E-state index contributed by atoms with van der Waals surface area (Å²) in [4.78, 5) is 14.4. The van der Waals surface area contributed by atoms with Crippen LogP contribution in [-0.4, -0.2) is 29.4 Å². The third kappa shape index (κ3) is 5.65. The van der Waals surface area contributed by atoms with Crippen LogP contribution >= 0.6 is 0 Å². The number of rotatable bonds is 8. The molecule has 3 heteroatoms. The Morgan fingerprint density at radius 1 is 1.13 bits per heavy atom. The smallest absolute Gasteiger partial charge is 0.253 e. The number of nitrogens with two attached hydrogens (primary N) is 1. The van der Waals surface area contributed by atoms with Crippen LogP contribution < -0.4 is 5.73 Å². The number of nitrogens with zero attached hydrogens (tertiary/aromatic N) is 1. The van der Waals surface area contributed by atoms with Crippen molar-refractivity contribution in [1.29, 1.82) is 0 Å². The van der Waals surface area contributed by atoms with E-state index in [4.69, 9.17) is 5.73 Å². The van der Waals surface area contributed by atoms with Crippen LogP contribution in [0.5, 0.6) is 0 Å². The number of hydrogen-bond donors (Lipinski definition) is 1. The molecule has 0 aromatic heterocycles. The molecule has 1 heterocycles. The molecule has 1 aromatic rings. The van der Waals surface area contributed by atoms with Gasteiger partial charge in [0, 0.05) is 24.2 Å². The number of benzene rings is 1. The van der Waals surface area contributed by atoms with E-state index in [-0.39, 0.29) is 11.4 Å². The predicted octanol–water partition coefficient (Wildman–Crippen LogP) is 4.15. The van der Waals surface area contributed by atoms with Crippen LogP contribution in [0.15, 0.2) is 24.3 Å². The number of amides is 1. The van der Waals surface area contributed by atoms with E-state index >= 15 is 0 Å². The summed E-state index contributed by atoms with van der Waals surface area (Å²) >= 11 is 0. The Kier molecular flexibility index (Phi) is 6.64. The SMILES string of the molecule is CCCCCCCCc1ccc(C(=O)N2CCC(C)(N)C2)cc1. The first-order valence-corrected chi connectivity index (χ1v) is 9.19. The van der Waals surface area contributed by atoms with Crippen LogP contribution in [0.4, 0.5) is 0 Å². The molecule has 1 aromatic carbocycles. The van der Waals surface area contributed by atoms with Gasteiger partial charge >= 0.3 is 0 Å². The largest absolute Gasteiger partial charge is 0.337 e. The molecular weight excluding hydrogens is 284 g/mol. The number of hydrogen-bond acceptors (Lipinski definition) is 2. The fourth-order valence-corrected chi connectivity index (χ4v) is 3.26. The predicted molar refractivity (Wildman–Crippen MR) is 96.6 cm³/mol. The monoisotopic (exact) mass is 316 g/mol. The molecule has 0 radical (unpaired) electrons. The van der Waals surface area contributed by atoms with E-state index in [1.54, 1.807) is 0 Å². The molecule has 0 aliphatic carbocycles. The fourth-order valence-electron chi connectivity index (χ4n) is 3.26. The molecule has 1 aliphatic rings. The zero-order chi connectivity index (χ0) is 16.7. The number of aryl methyl sites for hydroxylation is 1. The molecule has 1 unspecified atom stereocenters. The van der Waals surface area contributed by atoms with E-state index in [0.29, 0.717) is 6.54 Å². The van der Waals surface area contributed by atoms with Gasteiger partial charge in [-0.1, -0.05) is 51.2 Å². The Labute approximate surface area is 141 Å². The Morgan fingerprint density at radius 3 is 2.39 bits per heavy atom. The van der Waals surface area contributed by atoms with Gasteiger partial charge in [-0.2, -0.15) is 0 Å². The molecule has 0 saturated carbocycles. The summed E-state index contributed by atoms with van der Waals surface area (Å²) in [7, 11) is 0. The second-order valence-electron chi connectivity index (χ2n) is 7.35. The minimum absolute atomic E-state index is 0.116. The summed E-state index contributed by atoms with van der Waals surface area (Å²) in [6.07, 6.45) is 9.92. The van der Waals surface area contributed by atoms with E-state index in [1.165, 1.54) is 44.1 Å². The average molecular weight is 316 g/mol. The van der Waals surface area contributed by atoms with Gasteiger partial charge in [-0.25, -0.2) is 0 Å². The van der Waals surface area contributed by atoms with E-state index in [0.717, 1.165) is 24.9 Å². The zero-order valence-electron chi connectivity index (χ0n) is 14.8. The Balaban J connectivity index is 1.77. The maximum absolute atomic E-state index is 12.5. The molecule has 23 heavy (non-hydrogen) atoms. The maximum Gasteiger partial charge on any atom is 0.253 e. The molecular formula is C20H32N2O. The molecule has 1 atom stereocenters. The van der Waals surface area contributed by atoms with E-state index in [9.17, 15) is 4.79 Å². The van der Waals surface area contributed by atoms with Crippen LogP contribution in [0.1, 0.15) is 74.7 Å². The average Bonchev–Trinajstić information content (AvgIpc) is 2.91. The summed E-state index contributed by atoms with van der Waals surface area (Å²) in [5, 5.41) is 0. The molecule has 1 fully saturated rings. The summed E-state index contributed by atoms with van der Waals surface area (Å²) in [6, 6.07) is 8.16. The first-order valence-electron chi connectivity index (χ1n) is 9.19. The fraction of sp³-hybridized carbons (Fsp3) is 0.650. The van der Waals surface area contributed by atoms with Gasteiger partial charge in [-0.15, -0.1) is 0 Å². The number of likely N-dealkylation sites (tertiary alicyclic amines) is 1. The quantitative estimate of drug-likeness (QED) is 0.732. The number of carbonyl (C=O) groups excluding carboxylic acids is 1. The van der Waals surface area contributed by atoms with Crippen molar-refractivity contribution in [2.75, 3.05) is 13.1 Å². The second kappa shape index (κ2) is 8.49. The highest BCUT2D eigenvalue weighted by Crippen LogP contribution is 2.20. The zero-order valence-corrected chi connectivity index (χ0v) is 14.8. The molecule has 0 spiro atoms. The minimum atomic E-state index is -0.229. The molecule has 1 aliphatic heterocycles. The highest BCUT2D eigenvalue weighted by Gasteiger charge is 2.32. The summed E-state index contributed by atoms with van der Waals surface area (Å²) in [5.74, 6) is 0.116. The number of unbranched alkanes of at least 4 members (excludes halogenated alkanes) is 5. The molecule has 1 saturated heterocycles. The molecule has 1 amide bonds. The Bertz CT molecular complexity index is 493. The van der Waals surface area contributed by atoms with Gasteiger partial charge in [0.05, 0.1) is 0 Å². The second-order valence-corrected chi connectivity index (χ2v) is 7.35. The van der Waals surface area contributed by atoms with Gasteiger partial charge in [0.1, 0.15) is 0 Å². The van der Waals surface area contributed by atoms with Gasteiger partial charge in [0.25, 0.3) is 5.91 Å². The molecule has 2 N–H and O–H groups in total. The summed E-state index contributed by atoms with van der Waals surface area (Å²) in [5.41, 5.74) is 8.01. The van der Waals surface area contributed by atoms with Crippen LogP contribution in [0.2, 0.25) is 0 Å². The normalized spacial score (nSPS) is 20.9. The highest BCUT2D eigenvalue weighted by molar-refractivity contribution is 5.94. The van der Waals surface area contributed by atoms with Gasteiger partial charge in [-0.3, -0.25) is 4.79 Å². The first-order chi connectivity index (χ1) is 11.0. The van der Waals surface area contributed by atoms with Crippen molar-refractivity contribution in [2.45, 2.75) is 70.8 Å². The van der Waals surface area contributed by atoms with Crippen molar-refractivity contribution in [3.8, 4) is 0 Å². The number of carbonyl (C=O) groups is 1. The van der Waals surface area contributed by atoms with Crippen molar-refractivity contribution in [1.82, 2.24) is 4.90 Å². The van der Waals surface area contributed by atoms with E-state index in [1.807, 2.05) is 24.0 Å². The standard InChI is InChI=1S/C20H32N2O/c1-3-4-5-6-7-8-9-17-10-12-18(13-11-17)19(23)22-15-14-20(2,21)16-22/h10-13H,3-9,14-16,21H2,1-2H3. The lowest BCUT2D eigenvalue weighted by Crippen LogP contribution is -2.40. The van der Waals surface area contributed by atoms with Crippen molar-refractivity contribution < 1.29 is 4.79 Å². The lowest BCUT2D eigenvalue weighted by Gasteiger charge is -2.20.